The first kappa shape index (κ1) is 53.4. The number of esters is 2. The summed E-state index contributed by atoms with van der Waals surface area (Å²) in [6, 6.07) is 18.3. The van der Waals surface area contributed by atoms with Gasteiger partial charge in [-0.15, -0.1) is 0 Å². The summed E-state index contributed by atoms with van der Waals surface area (Å²) in [4.78, 5) is 68.2. The molecule has 0 saturated carbocycles. The van der Waals surface area contributed by atoms with Gasteiger partial charge in [0.05, 0.1) is 36.3 Å². The van der Waals surface area contributed by atoms with Crippen LogP contribution in [0.15, 0.2) is 84.9 Å². The number of nitrogens with two attached hydrogens (primary N) is 1. The number of nitrogens with one attached hydrogen (secondary N) is 1. The maximum Gasteiger partial charge on any atom is 0.302 e. The Morgan fingerprint density at radius 2 is 1.07 bits per heavy atom. The number of methoxy groups -OCH3 is 2. The summed E-state index contributed by atoms with van der Waals surface area (Å²) in [5, 5.41) is 3.41. The molecule has 19 heteroatoms. The molecule has 0 spiro atoms. The highest BCUT2D eigenvalue weighted by Crippen LogP contribution is 2.33. The van der Waals surface area contributed by atoms with Crippen LogP contribution in [0.4, 0.5) is 20.2 Å². The number of carbonyl (C=O) groups is 5. The molecule has 0 aliphatic carbocycles. The largest absolute Gasteiger partial charge is 0.495 e. The molecule has 0 unspecified atom stereocenters. The average Bonchev–Trinajstić information content (AvgIpc) is 3.31. The summed E-state index contributed by atoms with van der Waals surface area (Å²) < 4.78 is 47.4. The van der Waals surface area contributed by atoms with Crippen LogP contribution in [0, 0.1) is 11.6 Å². The molecule has 2 aliphatic heterocycles. The molecule has 3 amide bonds. The number of hydrogen-bond acceptors (Lipinski definition) is 12. The molecule has 3 N–H and O–H groups in total. The molecular weight excluding hydrogens is 937 g/mol. The summed E-state index contributed by atoms with van der Waals surface area (Å²) in [6.07, 6.45) is 6.05. The Morgan fingerprint density at radius 3 is 1.49 bits per heavy atom. The van der Waals surface area contributed by atoms with Crippen molar-refractivity contribution in [1.82, 2.24) is 19.6 Å². The molecule has 4 aromatic carbocycles. The van der Waals surface area contributed by atoms with Crippen molar-refractivity contribution < 1.29 is 51.7 Å². The Bertz CT molecular complexity index is 2510. The van der Waals surface area contributed by atoms with E-state index in [4.69, 9.17) is 47.9 Å². The predicted molar refractivity (Wildman–Crippen MR) is 260 cm³/mol. The molecular formula is C50H56Cl2F2N6O9. The molecule has 2 atom stereocenters. The van der Waals surface area contributed by atoms with E-state index in [1.165, 1.54) is 71.4 Å². The first-order valence-corrected chi connectivity index (χ1v) is 22.6. The zero-order valence-corrected chi connectivity index (χ0v) is 40.5. The highest BCUT2D eigenvalue weighted by Gasteiger charge is 2.32. The van der Waals surface area contributed by atoms with Crippen molar-refractivity contribution in [2.24, 2.45) is 0 Å². The number of piperazine rings is 2. The summed E-state index contributed by atoms with van der Waals surface area (Å²) in [7, 11) is 2.98. The molecule has 15 nitrogen and oxygen atoms in total. The minimum absolute atomic E-state index is 0.0563. The molecule has 2 saturated heterocycles. The van der Waals surface area contributed by atoms with Crippen molar-refractivity contribution in [2.75, 3.05) is 77.8 Å². The van der Waals surface area contributed by atoms with E-state index < -0.39 is 11.9 Å². The van der Waals surface area contributed by atoms with Crippen LogP contribution in [-0.4, -0.2) is 128 Å². The van der Waals surface area contributed by atoms with Gasteiger partial charge >= 0.3 is 11.9 Å². The highest BCUT2D eigenvalue weighted by molar-refractivity contribution is 6.32. The number of amides is 3. The summed E-state index contributed by atoms with van der Waals surface area (Å²) in [5.74, 6) is -1.33. The lowest BCUT2D eigenvalue weighted by Crippen LogP contribution is -2.56. The van der Waals surface area contributed by atoms with Gasteiger partial charge in [0.25, 0.3) is 0 Å². The first-order valence-electron chi connectivity index (χ1n) is 21.9. The maximum absolute atomic E-state index is 13.2. The van der Waals surface area contributed by atoms with Crippen molar-refractivity contribution in [3.05, 3.63) is 129 Å². The Hall–Kier alpha value is -6.53. The summed E-state index contributed by atoms with van der Waals surface area (Å²) in [5.41, 5.74) is 9.95. The van der Waals surface area contributed by atoms with Gasteiger partial charge in [-0.3, -0.25) is 33.8 Å². The van der Waals surface area contributed by atoms with Gasteiger partial charge in [0, 0.05) is 108 Å². The standard InChI is InChI=1S/C26H29ClFN3O5.C24H27ClFN3O4/c1-17(32)29-24-13-23(27)25(35-3)12-20(24)6-9-26(34)31-11-10-30(15-22(31)16-36-18(2)33)14-19-4-7-21(28)8-5-19;1-16(30)33-15-20-14-28(13-17-3-6-19(26)7-4-17)9-10-29(20)24(31)8-5-18-11-23(32-2)21(25)12-22(18)27/h4-9,12-13,22H,10-11,14-16H2,1-3H3,(H,29,32);3-8,11-12,20H,9-10,13-15,27H2,1-2H3/b9-6+;8-5+/t22-;20-/m00/s1. The predicted octanol–water partition coefficient (Wildman–Crippen LogP) is 7.09. The smallest absolute Gasteiger partial charge is 0.302 e. The topological polar surface area (TPSA) is 173 Å². The van der Waals surface area contributed by atoms with Gasteiger partial charge in [-0.1, -0.05) is 47.5 Å². The number of halogens is 4. The second-order valence-corrected chi connectivity index (χ2v) is 17.1. The van der Waals surface area contributed by atoms with E-state index in [9.17, 15) is 32.8 Å². The minimum Gasteiger partial charge on any atom is -0.495 e. The normalized spacial score (nSPS) is 16.4. The third-order valence-electron chi connectivity index (χ3n) is 11.1. The number of nitrogens with zero attached hydrogens (tertiary/aromatic N) is 4. The number of benzene rings is 4. The molecule has 6 rings (SSSR count). The Balaban J connectivity index is 0.000000258. The van der Waals surface area contributed by atoms with Crippen LogP contribution in [0.5, 0.6) is 11.5 Å². The Kier molecular flexibility index (Phi) is 19.9. The fraction of sp³-hybridized carbons (Fsp3) is 0.340. The summed E-state index contributed by atoms with van der Waals surface area (Å²) in [6.45, 7) is 8.46. The highest BCUT2D eigenvalue weighted by atomic mass is 35.5. The fourth-order valence-electron chi connectivity index (χ4n) is 7.68. The van der Waals surface area contributed by atoms with Gasteiger partial charge in [0.2, 0.25) is 17.7 Å². The van der Waals surface area contributed by atoms with E-state index in [1.54, 1.807) is 70.5 Å². The van der Waals surface area contributed by atoms with Crippen molar-refractivity contribution in [3.8, 4) is 11.5 Å². The number of anilines is 2. The zero-order chi connectivity index (χ0) is 50.2. The first-order chi connectivity index (χ1) is 32.9. The number of carbonyl (C=O) groups excluding carboxylic acids is 5. The van der Waals surface area contributed by atoms with Crippen LogP contribution in [-0.2, 0) is 46.5 Å². The second kappa shape index (κ2) is 25.7. The van der Waals surface area contributed by atoms with E-state index in [-0.39, 0.29) is 54.7 Å². The molecule has 0 radical (unpaired) electrons. The van der Waals surface area contributed by atoms with Crippen molar-refractivity contribution in [3.63, 3.8) is 0 Å². The third kappa shape index (κ3) is 16.3. The van der Waals surface area contributed by atoms with Gasteiger partial charge in [-0.05, 0) is 71.8 Å². The van der Waals surface area contributed by atoms with Crippen LogP contribution in [0.3, 0.4) is 0 Å². The minimum atomic E-state index is -0.429. The summed E-state index contributed by atoms with van der Waals surface area (Å²) >= 11 is 12.3. The van der Waals surface area contributed by atoms with E-state index >= 15 is 0 Å². The lowest BCUT2D eigenvalue weighted by atomic mass is 10.1. The Morgan fingerprint density at radius 1 is 0.652 bits per heavy atom. The monoisotopic (exact) mass is 992 g/mol. The maximum atomic E-state index is 13.2. The van der Waals surface area contributed by atoms with E-state index in [2.05, 4.69) is 15.1 Å². The third-order valence-corrected chi connectivity index (χ3v) is 11.7. The molecule has 0 aromatic heterocycles. The van der Waals surface area contributed by atoms with E-state index in [0.29, 0.717) is 96.4 Å². The number of rotatable bonds is 15. The van der Waals surface area contributed by atoms with Gasteiger partial charge in [0.15, 0.2) is 0 Å². The van der Waals surface area contributed by atoms with Gasteiger partial charge in [0.1, 0.15) is 36.3 Å². The SMILES string of the molecule is COc1cc(/C=C/C(=O)N2CCN(Cc3ccc(F)cc3)C[C@H]2COC(C)=O)c(N)cc1Cl.COc1cc(/C=C/C(=O)N2CCN(Cc3ccc(F)cc3)C[C@H]2COC(C)=O)c(NC(C)=O)cc1Cl. The molecule has 69 heavy (non-hydrogen) atoms. The van der Waals surface area contributed by atoms with Crippen LogP contribution >= 0.6 is 23.2 Å². The van der Waals surface area contributed by atoms with Gasteiger partial charge in [-0.25, -0.2) is 8.78 Å². The van der Waals surface area contributed by atoms with Gasteiger partial charge < -0.3 is 39.8 Å². The van der Waals surface area contributed by atoms with Crippen molar-refractivity contribution in [2.45, 2.75) is 45.9 Å². The van der Waals surface area contributed by atoms with Crippen molar-refractivity contribution >= 4 is 76.4 Å². The van der Waals surface area contributed by atoms with E-state index in [1.807, 2.05) is 0 Å². The van der Waals surface area contributed by atoms with Crippen LogP contribution in [0.1, 0.15) is 43.0 Å². The fourth-order valence-corrected chi connectivity index (χ4v) is 8.17. The number of hydrogen-bond donors (Lipinski definition) is 2. The van der Waals surface area contributed by atoms with Gasteiger partial charge in [-0.2, -0.15) is 0 Å². The number of ether oxygens (including phenoxy) is 4. The van der Waals surface area contributed by atoms with Crippen LogP contribution < -0.4 is 20.5 Å². The number of nitrogen functional groups attached to an aromatic ring is 1. The average molecular weight is 994 g/mol. The molecule has 2 heterocycles. The Labute approximate surface area is 410 Å². The molecule has 4 aromatic rings. The zero-order valence-electron chi connectivity index (χ0n) is 39.0. The molecule has 368 valence electrons. The van der Waals surface area contributed by atoms with Crippen LogP contribution in [0.25, 0.3) is 12.2 Å². The second-order valence-electron chi connectivity index (χ2n) is 16.2. The quantitative estimate of drug-likeness (QED) is 0.0705. The lowest BCUT2D eigenvalue weighted by molar-refractivity contribution is -0.147. The lowest BCUT2D eigenvalue weighted by Gasteiger charge is -2.40. The molecule has 0 bridgehead atoms. The van der Waals surface area contributed by atoms with Crippen LogP contribution in [0.2, 0.25) is 10.0 Å². The van der Waals surface area contributed by atoms with E-state index in [0.717, 1.165) is 11.1 Å². The van der Waals surface area contributed by atoms with Crippen molar-refractivity contribution in [1.29, 1.82) is 0 Å². The molecule has 2 aliphatic rings. The molecule has 2 fully saturated rings.